The molecule has 1 saturated heterocycles. The molecule has 1 aromatic carbocycles. The van der Waals surface area contributed by atoms with Crippen LogP contribution < -0.4 is 11.1 Å². The second kappa shape index (κ2) is 6.59. The van der Waals surface area contributed by atoms with Gasteiger partial charge in [0.05, 0.1) is 17.7 Å². The Bertz CT molecular complexity index is 561. The van der Waals surface area contributed by atoms with Gasteiger partial charge in [-0.15, -0.1) is 0 Å². The smallest absolute Gasteiger partial charge is 0.240 e. The zero-order valence-electron chi connectivity index (χ0n) is 14.0. The van der Waals surface area contributed by atoms with Crippen LogP contribution in [0.25, 0.3) is 0 Å². The van der Waals surface area contributed by atoms with E-state index in [9.17, 15) is 4.79 Å². The van der Waals surface area contributed by atoms with E-state index in [1.54, 1.807) is 0 Å². The minimum atomic E-state index is -0.607. The number of nitrogens with two attached hydrogens (primary N) is 1. The number of morpholine rings is 1. The standard InChI is InChI=1S/C18H27N3O2/c1-13-10-21(11-14(2)23-13)12-16-6-4-3-5-15(16)9-20-17(22)18(19)7-8-18/h3-6,13-14H,7-12,19H2,1-2H3,(H,20,22). The van der Waals surface area contributed by atoms with Crippen LogP contribution >= 0.6 is 0 Å². The lowest BCUT2D eigenvalue weighted by Gasteiger charge is -2.35. The van der Waals surface area contributed by atoms with Crippen LogP contribution in [0.5, 0.6) is 0 Å². The quantitative estimate of drug-likeness (QED) is 0.861. The third-order valence-electron chi connectivity index (χ3n) is 4.69. The molecule has 23 heavy (non-hydrogen) atoms. The highest BCUT2D eigenvalue weighted by molar-refractivity contribution is 5.88. The number of nitrogens with zero attached hydrogens (tertiary/aromatic N) is 1. The van der Waals surface area contributed by atoms with Crippen molar-refractivity contribution in [1.82, 2.24) is 10.2 Å². The highest BCUT2D eigenvalue weighted by Crippen LogP contribution is 2.32. The summed E-state index contributed by atoms with van der Waals surface area (Å²) < 4.78 is 5.80. The van der Waals surface area contributed by atoms with E-state index in [2.05, 4.69) is 42.3 Å². The van der Waals surface area contributed by atoms with Crippen LogP contribution in [0.1, 0.15) is 37.8 Å². The minimum Gasteiger partial charge on any atom is -0.373 e. The fourth-order valence-corrected chi connectivity index (χ4v) is 3.25. The Morgan fingerprint density at radius 1 is 1.26 bits per heavy atom. The maximum atomic E-state index is 12.0. The monoisotopic (exact) mass is 317 g/mol. The Kier molecular flexibility index (Phi) is 4.71. The SMILES string of the molecule is CC1CN(Cc2ccccc2CNC(=O)C2(N)CC2)CC(C)O1. The third-order valence-corrected chi connectivity index (χ3v) is 4.69. The van der Waals surface area contributed by atoms with Crippen molar-refractivity contribution < 1.29 is 9.53 Å². The van der Waals surface area contributed by atoms with E-state index in [1.165, 1.54) is 5.56 Å². The summed E-state index contributed by atoms with van der Waals surface area (Å²) in [6.07, 6.45) is 2.11. The van der Waals surface area contributed by atoms with Gasteiger partial charge < -0.3 is 15.8 Å². The molecule has 5 heteroatoms. The average Bonchev–Trinajstić information content (AvgIpc) is 3.24. The fourth-order valence-electron chi connectivity index (χ4n) is 3.25. The molecule has 1 aliphatic heterocycles. The minimum absolute atomic E-state index is 0.0269. The average molecular weight is 317 g/mol. The van der Waals surface area contributed by atoms with Crippen LogP contribution in [0, 0.1) is 0 Å². The molecule has 0 spiro atoms. The van der Waals surface area contributed by atoms with Gasteiger partial charge in [-0.2, -0.15) is 0 Å². The highest BCUT2D eigenvalue weighted by atomic mass is 16.5. The van der Waals surface area contributed by atoms with Crippen molar-refractivity contribution in [3.63, 3.8) is 0 Å². The number of ether oxygens (including phenoxy) is 1. The van der Waals surface area contributed by atoms with Gasteiger partial charge in [-0.05, 0) is 37.8 Å². The lowest BCUT2D eigenvalue weighted by atomic mass is 10.1. The summed E-state index contributed by atoms with van der Waals surface area (Å²) in [6, 6.07) is 8.30. The Hall–Kier alpha value is -1.43. The molecule has 0 radical (unpaired) electrons. The Balaban J connectivity index is 1.62. The molecule has 2 unspecified atom stereocenters. The molecule has 2 aliphatic rings. The zero-order valence-corrected chi connectivity index (χ0v) is 14.0. The molecule has 1 saturated carbocycles. The third kappa shape index (κ3) is 4.10. The first-order chi connectivity index (χ1) is 11.0. The normalized spacial score (nSPS) is 26.7. The van der Waals surface area contributed by atoms with Gasteiger partial charge in [0.2, 0.25) is 5.91 Å². The zero-order chi connectivity index (χ0) is 16.4. The van der Waals surface area contributed by atoms with Crippen molar-refractivity contribution in [3.05, 3.63) is 35.4 Å². The first kappa shape index (κ1) is 16.4. The summed E-state index contributed by atoms with van der Waals surface area (Å²) in [5.74, 6) is -0.0269. The van der Waals surface area contributed by atoms with Gasteiger partial charge in [0.1, 0.15) is 0 Å². The molecule has 2 atom stereocenters. The number of rotatable bonds is 5. The van der Waals surface area contributed by atoms with E-state index >= 15 is 0 Å². The van der Waals surface area contributed by atoms with Crippen LogP contribution in [0.4, 0.5) is 0 Å². The lowest BCUT2D eigenvalue weighted by Crippen LogP contribution is -2.45. The van der Waals surface area contributed by atoms with E-state index in [0.29, 0.717) is 6.54 Å². The van der Waals surface area contributed by atoms with Crippen molar-refractivity contribution in [3.8, 4) is 0 Å². The van der Waals surface area contributed by atoms with Gasteiger partial charge in [-0.3, -0.25) is 9.69 Å². The van der Waals surface area contributed by atoms with Crippen molar-refractivity contribution in [2.45, 2.75) is 57.5 Å². The number of hydrogen-bond donors (Lipinski definition) is 2. The Morgan fingerprint density at radius 2 is 1.87 bits per heavy atom. The van der Waals surface area contributed by atoms with Gasteiger partial charge in [0.25, 0.3) is 0 Å². The molecular weight excluding hydrogens is 290 g/mol. The van der Waals surface area contributed by atoms with E-state index in [1.807, 2.05) is 6.07 Å². The van der Waals surface area contributed by atoms with Crippen molar-refractivity contribution in [1.29, 1.82) is 0 Å². The second-order valence-electron chi connectivity index (χ2n) is 7.06. The largest absolute Gasteiger partial charge is 0.373 e. The number of hydrogen-bond acceptors (Lipinski definition) is 4. The first-order valence-corrected chi connectivity index (χ1v) is 8.48. The molecule has 0 aromatic heterocycles. The molecule has 1 heterocycles. The molecule has 2 fully saturated rings. The molecule has 5 nitrogen and oxygen atoms in total. The van der Waals surface area contributed by atoms with E-state index in [-0.39, 0.29) is 18.1 Å². The number of carbonyl (C=O) groups is 1. The van der Waals surface area contributed by atoms with Crippen molar-refractivity contribution >= 4 is 5.91 Å². The second-order valence-corrected chi connectivity index (χ2v) is 7.06. The number of benzene rings is 1. The Labute approximate surface area is 138 Å². The number of nitrogens with one attached hydrogen (secondary N) is 1. The van der Waals surface area contributed by atoms with E-state index < -0.39 is 5.54 Å². The fraction of sp³-hybridized carbons (Fsp3) is 0.611. The lowest BCUT2D eigenvalue weighted by molar-refractivity contribution is -0.123. The molecule has 1 aliphatic carbocycles. The predicted molar refractivity (Wildman–Crippen MR) is 89.7 cm³/mol. The Morgan fingerprint density at radius 3 is 2.48 bits per heavy atom. The van der Waals surface area contributed by atoms with Gasteiger partial charge in [0, 0.05) is 26.2 Å². The molecule has 0 bridgehead atoms. The van der Waals surface area contributed by atoms with Crippen LogP contribution in [-0.2, 0) is 22.6 Å². The van der Waals surface area contributed by atoms with E-state index in [4.69, 9.17) is 10.5 Å². The molecule has 126 valence electrons. The maximum absolute atomic E-state index is 12.0. The van der Waals surface area contributed by atoms with Crippen molar-refractivity contribution in [2.24, 2.45) is 5.73 Å². The van der Waals surface area contributed by atoms with Crippen LogP contribution in [0.3, 0.4) is 0 Å². The maximum Gasteiger partial charge on any atom is 0.240 e. The van der Waals surface area contributed by atoms with Gasteiger partial charge >= 0.3 is 0 Å². The van der Waals surface area contributed by atoms with Crippen LogP contribution in [-0.4, -0.2) is 41.6 Å². The van der Waals surface area contributed by atoms with Gasteiger partial charge in [-0.25, -0.2) is 0 Å². The van der Waals surface area contributed by atoms with E-state index in [0.717, 1.165) is 38.0 Å². The predicted octanol–water partition coefficient (Wildman–Crippen LogP) is 1.40. The number of carbonyl (C=O) groups excluding carboxylic acids is 1. The summed E-state index contributed by atoms with van der Waals surface area (Å²) in [6.45, 7) is 7.55. The summed E-state index contributed by atoms with van der Waals surface area (Å²) >= 11 is 0. The topological polar surface area (TPSA) is 67.6 Å². The summed E-state index contributed by atoms with van der Waals surface area (Å²) in [4.78, 5) is 14.4. The highest BCUT2D eigenvalue weighted by Gasteiger charge is 2.45. The molecule has 1 amide bonds. The molecule has 1 aromatic rings. The van der Waals surface area contributed by atoms with Gasteiger partial charge in [-0.1, -0.05) is 24.3 Å². The first-order valence-electron chi connectivity index (χ1n) is 8.48. The summed E-state index contributed by atoms with van der Waals surface area (Å²) in [7, 11) is 0. The summed E-state index contributed by atoms with van der Waals surface area (Å²) in [5, 5.41) is 2.99. The van der Waals surface area contributed by atoms with Crippen LogP contribution in [0.2, 0.25) is 0 Å². The number of amides is 1. The summed E-state index contributed by atoms with van der Waals surface area (Å²) in [5.41, 5.74) is 7.75. The van der Waals surface area contributed by atoms with Gasteiger partial charge in [0.15, 0.2) is 0 Å². The van der Waals surface area contributed by atoms with Crippen molar-refractivity contribution in [2.75, 3.05) is 13.1 Å². The molecule has 3 N–H and O–H groups in total. The molecular formula is C18H27N3O2. The molecule has 3 rings (SSSR count). The van der Waals surface area contributed by atoms with Crippen LogP contribution in [0.15, 0.2) is 24.3 Å².